The maximum absolute atomic E-state index is 13.0. The minimum absolute atomic E-state index is 0.0373. The summed E-state index contributed by atoms with van der Waals surface area (Å²) in [5, 5.41) is 0. The van der Waals surface area contributed by atoms with Gasteiger partial charge in [-0.3, -0.25) is 9.59 Å². The summed E-state index contributed by atoms with van der Waals surface area (Å²) in [5.74, 6) is 1.71. The molecule has 27 heavy (non-hydrogen) atoms. The lowest BCUT2D eigenvalue weighted by molar-refractivity contribution is -0.118. The molecule has 2 aromatic rings. The Labute approximate surface area is 156 Å². The Morgan fingerprint density at radius 1 is 1.22 bits per heavy atom. The number of carbonyl (C=O) groups is 2. The zero-order valence-corrected chi connectivity index (χ0v) is 15.0. The predicted molar refractivity (Wildman–Crippen MR) is 96.7 cm³/mol. The molecule has 1 saturated heterocycles. The second-order valence-electron chi connectivity index (χ2n) is 6.83. The highest BCUT2D eigenvalue weighted by atomic mass is 16.6. The molecule has 2 aliphatic heterocycles. The Kier molecular flexibility index (Phi) is 4.70. The van der Waals surface area contributed by atoms with Gasteiger partial charge in [0, 0.05) is 37.0 Å². The van der Waals surface area contributed by atoms with Crippen LogP contribution >= 0.6 is 0 Å². The van der Waals surface area contributed by atoms with Crippen molar-refractivity contribution in [1.29, 1.82) is 0 Å². The lowest BCUT2D eigenvalue weighted by Gasteiger charge is -2.33. The average Bonchev–Trinajstić information content (AvgIpc) is 3.14. The molecule has 2 N–H and O–H groups in total. The van der Waals surface area contributed by atoms with E-state index in [2.05, 4.69) is 4.98 Å². The molecule has 1 fully saturated rings. The maximum Gasteiger partial charge on any atom is 0.254 e. The third kappa shape index (κ3) is 3.60. The lowest BCUT2D eigenvalue weighted by atomic mass is 9.96. The van der Waals surface area contributed by atoms with Gasteiger partial charge in [-0.15, -0.1) is 0 Å². The van der Waals surface area contributed by atoms with E-state index >= 15 is 0 Å². The molecular weight excluding hydrogens is 348 g/mol. The van der Waals surface area contributed by atoms with Crippen molar-refractivity contribution in [2.45, 2.75) is 25.3 Å². The number of fused-ring (bicyclic) bond motifs is 1. The van der Waals surface area contributed by atoms with Crippen molar-refractivity contribution >= 4 is 11.8 Å². The number of ether oxygens (including phenoxy) is 2. The normalized spacial score (nSPS) is 19.0. The van der Waals surface area contributed by atoms with Gasteiger partial charge in [-0.05, 0) is 31.0 Å². The fourth-order valence-electron chi connectivity index (χ4n) is 3.71. The van der Waals surface area contributed by atoms with Crippen molar-refractivity contribution in [2.24, 2.45) is 5.73 Å². The first-order valence-electron chi connectivity index (χ1n) is 9.10. The first-order chi connectivity index (χ1) is 13.1. The zero-order chi connectivity index (χ0) is 18.8. The molecule has 8 nitrogen and oxygen atoms in total. The highest BCUT2D eigenvalue weighted by molar-refractivity contribution is 5.95. The van der Waals surface area contributed by atoms with Crippen LogP contribution in [-0.4, -0.2) is 52.6 Å². The van der Waals surface area contributed by atoms with Crippen LogP contribution in [0.1, 0.15) is 34.9 Å². The van der Waals surface area contributed by atoms with E-state index < -0.39 is 5.91 Å². The predicted octanol–water partition coefficient (Wildman–Crippen LogP) is 1.16. The molecule has 4 rings (SSSR count). The van der Waals surface area contributed by atoms with Crippen LogP contribution in [0.25, 0.3) is 0 Å². The van der Waals surface area contributed by atoms with Gasteiger partial charge in [0.25, 0.3) is 5.91 Å². The summed E-state index contributed by atoms with van der Waals surface area (Å²) in [5.41, 5.74) is 5.90. The molecule has 1 unspecified atom stereocenters. The van der Waals surface area contributed by atoms with Gasteiger partial charge in [-0.2, -0.15) is 0 Å². The minimum Gasteiger partial charge on any atom is -0.486 e. The molecule has 2 amide bonds. The summed E-state index contributed by atoms with van der Waals surface area (Å²) in [6.45, 7) is 2.36. The van der Waals surface area contributed by atoms with Crippen molar-refractivity contribution < 1.29 is 19.1 Å². The minimum atomic E-state index is -0.408. The van der Waals surface area contributed by atoms with Crippen molar-refractivity contribution in [1.82, 2.24) is 14.5 Å². The lowest BCUT2D eigenvalue weighted by Crippen LogP contribution is -2.40. The summed E-state index contributed by atoms with van der Waals surface area (Å²) >= 11 is 0. The Morgan fingerprint density at radius 3 is 2.85 bits per heavy atom. The van der Waals surface area contributed by atoms with E-state index in [9.17, 15) is 9.59 Å². The van der Waals surface area contributed by atoms with Gasteiger partial charge in [0.05, 0.1) is 0 Å². The number of primary amides is 1. The molecule has 1 atom stereocenters. The number of imidazole rings is 1. The molecule has 0 aliphatic carbocycles. The molecule has 0 saturated carbocycles. The second kappa shape index (κ2) is 7.30. The fraction of sp³-hybridized carbons (Fsp3) is 0.421. The summed E-state index contributed by atoms with van der Waals surface area (Å²) in [6.07, 6.45) is 5.21. The quantitative estimate of drug-likeness (QED) is 0.871. The van der Waals surface area contributed by atoms with Crippen molar-refractivity contribution in [3.8, 4) is 11.5 Å². The van der Waals surface area contributed by atoms with Crippen LogP contribution in [0.5, 0.6) is 11.5 Å². The monoisotopic (exact) mass is 370 g/mol. The first kappa shape index (κ1) is 17.4. The van der Waals surface area contributed by atoms with E-state index in [4.69, 9.17) is 15.2 Å². The summed E-state index contributed by atoms with van der Waals surface area (Å²) in [6, 6.07) is 5.30. The number of benzene rings is 1. The van der Waals surface area contributed by atoms with Crippen LogP contribution < -0.4 is 15.2 Å². The van der Waals surface area contributed by atoms with E-state index in [1.54, 1.807) is 35.2 Å². The molecule has 0 radical (unpaired) electrons. The standard InChI is InChI=1S/C19H22N4O4/c20-17(24)12-22-7-5-21-18(22)14-2-1-6-23(11-14)19(25)13-3-4-15-16(10-13)27-9-8-26-15/h3-5,7,10,14H,1-2,6,8-9,11-12H2,(H2,20,24). The number of likely N-dealkylation sites (tertiary alicyclic amines) is 1. The number of nitrogens with zero attached hydrogens (tertiary/aromatic N) is 3. The van der Waals surface area contributed by atoms with Gasteiger partial charge in [0.15, 0.2) is 11.5 Å². The van der Waals surface area contributed by atoms with E-state index in [-0.39, 0.29) is 18.4 Å². The van der Waals surface area contributed by atoms with Crippen LogP contribution in [-0.2, 0) is 11.3 Å². The van der Waals surface area contributed by atoms with E-state index in [0.717, 1.165) is 18.7 Å². The molecule has 8 heteroatoms. The maximum atomic E-state index is 13.0. The number of nitrogens with two attached hydrogens (primary N) is 1. The average molecular weight is 370 g/mol. The van der Waals surface area contributed by atoms with Crippen molar-refractivity contribution in [3.63, 3.8) is 0 Å². The number of amides is 2. The van der Waals surface area contributed by atoms with Gasteiger partial charge in [-0.1, -0.05) is 0 Å². The second-order valence-corrected chi connectivity index (χ2v) is 6.83. The molecule has 0 spiro atoms. The van der Waals surface area contributed by atoms with Gasteiger partial charge in [-0.25, -0.2) is 4.98 Å². The third-order valence-corrected chi connectivity index (χ3v) is 4.94. The van der Waals surface area contributed by atoms with Crippen LogP contribution in [0.2, 0.25) is 0 Å². The van der Waals surface area contributed by atoms with Gasteiger partial charge >= 0.3 is 0 Å². The van der Waals surface area contributed by atoms with Crippen LogP contribution in [0.4, 0.5) is 0 Å². The zero-order valence-electron chi connectivity index (χ0n) is 15.0. The van der Waals surface area contributed by atoms with E-state index in [1.807, 2.05) is 4.90 Å². The van der Waals surface area contributed by atoms with Gasteiger partial charge < -0.3 is 24.7 Å². The van der Waals surface area contributed by atoms with Crippen LogP contribution in [0.15, 0.2) is 30.6 Å². The smallest absolute Gasteiger partial charge is 0.254 e. The van der Waals surface area contributed by atoms with Crippen molar-refractivity contribution in [3.05, 3.63) is 42.0 Å². The number of hydrogen-bond acceptors (Lipinski definition) is 5. The molecule has 1 aromatic heterocycles. The molecule has 1 aromatic carbocycles. The van der Waals surface area contributed by atoms with Crippen LogP contribution in [0.3, 0.4) is 0 Å². The Balaban J connectivity index is 1.50. The molecule has 2 aliphatic rings. The van der Waals surface area contributed by atoms with Crippen molar-refractivity contribution in [2.75, 3.05) is 26.3 Å². The largest absolute Gasteiger partial charge is 0.486 e. The Bertz CT molecular complexity index is 863. The SMILES string of the molecule is NC(=O)Cn1ccnc1C1CCCN(C(=O)c2ccc3c(c2)OCCO3)C1. The number of aromatic nitrogens is 2. The van der Waals surface area contributed by atoms with Gasteiger partial charge in [0.1, 0.15) is 25.6 Å². The van der Waals surface area contributed by atoms with Crippen LogP contribution in [0, 0.1) is 0 Å². The Morgan fingerprint density at radius 2 is 2.04 bits per heavy atom. The molecular formula is C19H22N4O4. The highest BCUT2D eigenvalue weighted by Gasteiger charge is 2.29. The first-order valence-corrected chi connectivity index (χ1v) is 9.10. The summed E-state index contributed by atoms with van der Waals surface area (Å²) < 4.78 is 12.9. The molecule has 0 bridgehead atoms. The highest BCUT2D eigenvalue weighted by Crippen LogP contribution is 2.32. The summed E-state index contributed by atoms with van der Waals surface area (Å²) in [7, 11) is 0. The molecule has 3 heterocycles. The van der Waals surface area contributed by atoms with E-state index in [1.165, 1.54) is 0 Å². The fourth-order valence-corrected chi connectivity index (χ4v) is 3.71. The molecule has 142 valence electrons. The Hall–Kier alpha value is -3.03. The topological polar surface area (TPSA) is 99.7 Å². The van der Waals surface area contributed by atoms with Gasteiger partial charge in [0.2, 0.25) is 5.91 Å². The summed E-state index contributed by atoms with van der Waals surface area (Å²) in [4.78, 5) is 30.5. The van der Waals surface area contributed by atoms with E-state index in [0.29, 0.717) is 43.4 Å². The third-order valence-electron chi connectivity index (χ3n) is 4.94. The number of rotatable bonds is 4. The number of carbonyl (C=O) groups excluding carboxylic acids is 2. The number of piperidine rings is 1. The number of hydrogen-bond donors (Lipinski definition) is 1.